The van der Waals surface area contributed by atoms with Gasteiger partial charge in [0.1, 0.15) is 5.82 Å². The number of alkyl halides is 3. The zero-order valence-electron chi connectivity index (χ0n) is 10.6. The highest BCUT2D eigenvalue weighted by molar-refractivity contribution is 9.10. The fraction of sp³-hybridized carbons (Fsp3) is 0.143. The predicted octanol–water partition coefficient (Wildman–Crippen LogP) is 4.04. The maximum absolute atomic E-state index is 12.4. The van der Waals surface area contributed by atoms with Gasteiger partial charge >= 0.3 is 6.18 Å². The van der Waals surface area contributed by atoms with Crippen molar-refractivity contribution in [1.82, 2.24) is 4.98 Å². The van der Waals surface area contributed by atoms with E-state index in [4.69, 9.17) is 0 Å². The van der Waals surface area contributed by atoms with E-state index in [2.05, 4.69) is 26.2 Å². The van der Waals surface area contributed by atoms with Gasteiger partial charge in [0.05, 0.1) is 16.5 Å². The zero-order chi connectivity index (χ0) is 15.5. The van der Waals surface area contributed by atoms with Crippen LogP contribution in [0.1, 0.15) is 11.1 Å². The van der Waals surface area contributed by atoms with E-state index in [0.717, 1.165) is 12.1 Å². The van der Waals surface area contributed by atoms with Gasteiger partial charge in [0.15, 0.2) is 0 Å². The Balaban J connectivity index is 2.02. The van der Waals surface area contributed by atoms with Crippen LogP contribution in [-0.4, -0.2) is 10.9 Å². The fourth-order valence-corrected chi connectivity index (χ4v) is 2.01. The average molecular weight is 359 g/mol. The maximum atomic E-state index is 12.4. The van der Waals surface area contributed by atoms with Gasteiger partial charge in [-0.05, 0) is 45.8 Å². The molecule has 0 unspecified atom stereocenters. The Morgan fingerprint density at radius 2 is 1.86 bits per heavy atom. The van der Waals surface area contributed by atoms with Gasteiger partial charge in [0.25, 0.3) is 0 Å². The van der Waals surface area contributed by atoms with Gasteiger partial charge in [-0.15, -0.1) is 0 Å². The molecule has 0 radical (unpaired) electrons. The molecule has 0 atom stereocenters. The van der Waals surface area contributed by atoms with Gasteiger partial charge < -0.3 is 5.32 Å². The molecule has 1 aromatic heterocycles. The Morgan fingerprint density at radius 1 is 1.19 bits per heavy atom. The summed E-state index contributed by atoms with van der Waals surface area (Å²) in [5, 5.41) is 2.58. The summed E-state index contributed by atoms with van der Waals surface area (Å²) in [6.07, 6.45) is -2.88. The molecule has 0 aliphatic carbocycles. The number of hydrogen-bond donors (Lipinski definition) is 1. The molecule has 2 aromatic rings. The summed E-state index contributed by atoms with van der Waals surface area (Å²) in [4.78, 5) is 15.8. The first kappa shape index (κ1) is 15.5. The number of aromatic nitrogens is 1. The Morgan fingerprint density at radius 3 is 2.43 bits per heavy atom. The number of carbonyl (C=O) groups excluding carboxylic acids is 1. The third-order valence-corrected chi connectivity index (χ3v) is 3.30. The van der Waals surface area contributed by atoms with Crippen LogP contribution in [0.15, 0.2) is 47.1 Å². The quantitative estimate of drug-likeness (QED) is 0.899. The van der Waals surface area contributed by atoms with Crippen LogP contribution in [0.4, 0.5) is 19.0 Å². The summed E-state index contributed by atoms with van der Waals surface area (Å²) in [5.41, 5.74) is -0.244. The van der Waals surface area contributed by atoms with E-state index < -0.39 is 11.7 Å². The normalized spacial score (nSPS) is 11.2. The van der Waals surface area contributed by atoms with Crippen molar-refractivity contribution < 1.29 is 18.0 Å². The molecule has 7 heteroatoms. The van der Waals surface area contributed by atoms with Crippen LogP contribution in [0, 0.1) is 0 Å². The first-order valence-corrected chi connectivity index (χ1v) is 6.72. The Hall–Kier alpha value is -1.89. The average Bonchev–Trinajstić information content (AvgIpc) is 2.41. The number of amides is 1. The van der Waals surface area contributed by atoms with E-state index >= 15 is 0 Å². The minimum absolute atomic E-state index is 0.0266. The molecule has 0 aliphatic rings. The molecule has 2 rings (SSSR count). The van der Waals surface area contributed by atoms with Crippen LogP contribution in [0.5, 0.6) is 0 Å². The number of anilines is 1. The molecular formula is C14H10BrF3N2O. The number of halogens is 4. The van der Waals surface area contributed by atoms with Crippen LogP contribution in [-0.2, 0) is 17.4 Å². The van der Waals surface area contributed by atoms with Crippen LogP contribution >= 0.6 is 15.9 Å². The molecule has 1 N–H and O–H groups in total. The molecule has 110 valence electrons. The van der Waals surface area contributed by atoms with E-state index in [1.54, 1.807) is 12.1 Å². The van der Waals surface area contributed by atoms with Crippen molar-refractivity contribution in [2.24, 2.45) is 0 Å². The van der Waals surface area contributed by atoms with Crippen LogP contribution < -0.4 is 5.32 Å². The monoisotopic (exact) mass is 358 g/mol. The van der Waals surface area contributed by atoms with Gasteiger partial charge in [-0.1, -0.05) is 12.1 Å². The minimum Gasteiger partial charge on any atom is -0.309 e. The molecule has 0 aliphatic heterocycles. The van der Waals surface area contributed by atoms with Gasteiger partial charge in [0.2, 0.25) is 5.91 Å². The minimum atomic E-state index is -4.38. The highest BCUT2D eigenvalue weighted by Gasteiger charge is 2.29. The lowest BCUT2D eigenvalue weighted by molar-refractivity contribution is -0.137. The first-order valence-electron chi connectivity index (χ1n) is 5.93. The molecule has 21 heavy (non-hydrogen) atoms. The van der Waals surface area contributed by atoms with Crippen molar-refractivity contribution in [3.8, 4) is 0 Å². The smallest absolute Gasteiger partial charge is 0.309 e. The number of carbonyl (C=O) groups is 1. The number of benzene rings is 1. The molecule has 1 aromatic carbocycles. The molecule has 1 amide bonds. The number of rotatable bonds is 3. The van der Waals surface area contributed by atoms with Crippen molar-refractivity contribution in [2.75, 3.05) is 5.32 Å². The Labute approximate surface area is 127 Å². The summed E-state index contributed by atoms with van der Waals surface area (Å²) in [7, 11) is 0. The van der Waals surface area contributed by atoms with E-state index in [9.17, 15) is 18.0 Å². The lowest BCUT2D eigenvalue weighted by Crippen LogP contribution is -2.15. The van der Waals surface area contributed by atoms with Crippen molar-refractivity contribution in [2.45, 2.75) is 12.6 Å². The highest BCUT2D eigenvalue weighted by atomic mass is 79.9. The van der Waals surface area contributed by atoms with Gasteiger partial charge in [-0.3, -0.25) is 4.79 Å². The second-order valence-electron chi connectivity index (χ2n) is 4.25. The van der Waals surface area contributed by atoms with E-state index in [1.807, 2.05) is 0 Å². The SMILES string of the molecule is O=C(Cc1ccc(C(F)(F)F)cc1)Nc1ncccc1Br. The molecule has 0 bridgehead atoms. The van der Waals surface area contributed by atoms with E-state index in [1.165, 1.54) is 18.3 Å². The molecule has 1 heterocycles. The number of hydrogen-bond acceptors (Lipinski definition) is 2. The summed E-state index contributed by atoms with van der Waals surface area (Å²) in [5.74, 6) is 0.0172. The number of nitrogens with zero attached hydrogens (tertiary/aromatic N) is 1. The maximum Gasteiger partial charge on any atom is 0.416 e. The van der Waals surface area contributed by atoms with Crippen molar-refractivity contribution in [3.05, 3.63) is 58.2 Å². The topological polar surface area (TPSA) is 42.0 Å². The second kappa shape index (κ2) is 6.26. The summed E-state index contributed by atoms with van der Waals surface area (Å²) >= 11 is 3.24. The molecule has 0 fully saturated rings. The van der Waals surface area contributed by atoms with Crippen LogP contribution in [0.2, 0.25) is 0 Å². The molecule has 0 spiro atoms. The Bertz CT molecular complexity index is 641. The fourth-order valence-electron chi connectivity index (χ4n) is 1.65. The van der Waals surface area contributed by atoms with Gasteiger partial charge in [-0.25, -0.2) is 4.98 Å². The summed E-state index contributed by atoms with van der Waals surface area (Å²) in [6.45, 7) is 0. The zero-order valence-corrected chi connectivity index (χ0v) is 12.2. The number of pyridine rings is 1. The lowest BCUT2D eigenvalue weighted by atomic mass is 10.1. The van der Waals surface area contributed by atoms with Crippen LogP contribution in [0.25, 0.3) is 0 Å². The molecular weight excluding hydrogens is 349 g/mol. The third-order valence-electron chi connectivity index (χ3n) is 2.66. The molecule has 0 saturated carbocycles. The first-order chi connectivity index (χ1) is 9.86. The standard InChI is InChI=1S/C14H10BrF3N2O/c15-11-2-1-7-19-13(11)20-12(21)8-9-3-5-10(6-4-9)14(16,17)18/h1-7H,8H2,(H,19,20,21). The molecule has 3 nitrogen and oxygen atoms in total. The van der Waals surface area contributed by atoms with Gasteiger partial charge in [-0.2, -0.15) is 13.2 Å². The molecule has 0 saturated heterocycles. The predicted molar refractivity (Wildman–Crippen MR) is 75.7 cm³/mol. The van der Waals surface area contributed by atoms with Crippen molar-refractivity contribution in [1.29, 1.82) is 0 Å². The van der Waals surface area contributed by atoms with Crippen molar-refractivity contribution >= 4 is 27.7 Å². The van der Waals surface area contributed by atoms with Crippen LogP contribution in [0.3, 0.4) is 0 Å². The lowest BCUT2D eigenvalue weighted by Gasteiger charge is -2.08. The summed E-state index contributed by atoms with van der Waals surface area (Å²) < 4.78 is 37.9. The summed E-state index contributed by atoms with van der Waals surface area (Å²) in [6, 6.07) is 7.92. The number of nitrogens with one attached hydrogen (secondary N) is 1. The highest BCUT2D eigenvalue weighted by Crippen LogP contribution is 2.29. The Kier molecular flexibility index (Phi) is 4.62. The van der Waals surface area contributed by atoms with Gasteiger partial charge in [0, 0.05) is 6.20 Å². The second-order valence-corrected chi connectivity index (χ2v) is 5.11. The van der Waals surface area contributed by atoms with Crippen molar-refractivity contribution in [3.63, 3.8) is 0 Å². The third kappa shape index (κ3) is 4.29. The van der Waals surface area contributed by atoms with E-state index in [-0.39, 0.29) is 12.3 Å². The largest absolute Gasteiger partial charge is 0.416 e. The van der Waals surface area contributed by atoms with E-state index in [0.29, 0.717) is 15.9 Å².